The van der Waals surface area contributed by atoms with Gasteiger partial charge in [-0.25, -0.2) is 4.79 Å². The highest BCUT2D eigenvalue weighted by molar-refractivity contribution is 5.68. The molecule has 0 aliphatic rings. The molecule has 4 nitrogen and oxygen atoms in total. The SMILES string of the molecule is CCc1ccc(C(CN)NC(=O)OC(C)(C)C)cc1. The number of amides is 1. The van der Waals surface area contributed by atoms with Crippen LogP contribution in [0.2, 0.25) is 0 Å². The first-order valence-corrected chi connectivity index (χ1v) is 6.64. The van der Waals surface area contributed by atoms with Gasteiger partial charge in [0.05, 0.1) is 6.04 Å². The third kappa shape index (κ3) is 5.30. The van der Waals surface area contributed by atoms with Crippen molar-refractivity contribution in [2.75, 3.05) is 6.54 Å². The van der Waals surface area contributed by atoms with Gasteiger partial charge in [0.1, 0.15) is 5.60 Å². The fraction of sp³-hybridized carbons (Fsp3) is 0.533. The normalized spacial score (nSPS) is 12.9. The van der Waals surface area contributed by atoms with Crippen molar-refractivity contribution < 1.29 is 9.53 Å². The van der Waals surface area contributed by atoms with E-state index in [4.69, 9.17) is 10.5 Å². The summed E-state index contributed by atoms with van der Waals surface area (Å²) >= 11 is 0. The van der Waals surface area contributed by atoms with E-state index >= 15 is 0 Å². The van der Waals surface area contributed by atoms with Gasteiger partial charge in [0, 0.05) is 6.54 Å². The van der Waals surface area contributed by atoms with Gasteiger partial charge in [0.15, 0.2) is 0 Å². The molecule has 0 heterocycles. The number of hydrogen-bond donors (Lipinski definition) is 2. The number of carbonyl (C=O) groups is 1. The standard InChI is InChI=1S/C15H24N2O2/c1-5-11-6-8-12(9-7-11)13(10-16)17-14(18)19-15(2,3)4/h6-9,13H,5,10,16H2,1-4H3,(H,17,18). The fourth-order valence-electron chi connectivity index (χ4n) is 1.71. The van der Waals surface area contributed by atoms with Crippen LogP contribution < -0.4 is 11.1 Å². The van der Waals surface area contributed by atoms with Crippen molar-refractivity contribution in [3.63, 3.8) is 0 Å². The van der Waals surface area contributed by atoms with E-state index in [2.05, 4.69) is 24.4 Å². The fourth-order valence-corrected chi connectivity index (χ4v) is 1.71. The Morgan fingerprint density at radius 3 is 2.32 bits per heavy atom. The average Bonchev–Trinajstić information content (AvgIpc) is 2.34. The molecular weight excluding hydrogens is 240 g/mol. The Kier molecular flexibility index (Phi) is 5.36. The average molecular weight is 264 g/mol. The lowest BCUT2D eigenvalue weighted by Crippen LogP contribution is -2.37. The van der Waals surface area contributed by atoms with Gasteiger partial charge in [-0.05, 0) is 38.3 Å². The summed E-state index contributed by atoms with van der Waals surface area (Å²) in [5.41, 5.74) is 7.46. The quantitative estimate of drug-likeness (QED) is 0.879. The van der Waals surface area contributed by atoms with Crippen LogP contribution in [0.1, 0.15) is 44.9 Å². The van der Waals surface area contributed by atoms with Crippen LogP contribution in [-0.2, 0) is 11.2 Å². The number of rotatable bonds is 4. The van der Waals surface area contributed by atoms with Crippen LogP contribution in [0.5, 0.6) is 0 Å². The number of hydrogen-bond acceptors (Lipinski definition) is 3. The molecule has 1 rings (SSSR count). The third-order valence-electron chi connectivity index (χ3n) is 2.72. The maximum absolute atomic E-state index is 11.7. The molecule has 0 saturated carbocycles. The third-order valence-corrected chi connectivity index (χ3v) is 2.72. The van der Waals surface area contributed by atoms with E-state index in [1.165, 1.54) is 5.56 Å². The van der Waals surface area contributed by atoms with Crippen molar-refractivity contribution in [2.24, 2.45) is 5.73 Å². The van der Waals surface area contributed by atoms with Crippen LogP contribution in [-0.4, -0.2) is 18.2 Å². The molecule has 4 heteroatoms. The molecule has 3 N–H and O–H groups in total. The Labute approximate surface area is 115 Å². The molecule has 0 fully saturated rings. The van der Waals surface area contributed by atoms with Crippen LogP contribution in [0.15, 0.2) is 24.3 Å². The molecular formula is C15H24N2O2. The number of nitrogens with two attached hydrogens (primary N) is 1. The van der Waals surface area contributed by atoms with Crippen molar-refractivity contribution in [3.8, 4) is 0 Å². The lowest BCUT2D eigenvalue weighted by atomic mass is 10.0. The monoisotopic (exact) mass is 264 g/mol. The zero-order chi connectivity index (χ0) is 14.5. The van der Waals surface area contributed by atoms with E-state index in [1.807, 2.05) is 32.9 Å². The highest BCUT2D eigenvalue weighted by Gasteiger charge is 2.19. The predicted octanol–water partition coefficient (Wildman–Crippen LogP) is 2.77. The Balaban J connectivity index is 2.69. The molecule has 0 spiro atoms. The van der Waals surface area contributed by atoms with Crippen LogP contribution in [0.3, 0.4) is 0 Å². The summed E-state index contributed by atoms with van der Waals surface area (Å²) in [7, 11) is 0. The predicted molar refractivity (Wildman–Crippen MR) is 77.0 cm³/mol. The molecule has 0 aliphatic heterocycles. The summed E-state index contributed by atoms with van der Waals surface area (Å²) in [6.45, 7) is 7.94. The molecule has 106 valence electrons. The molecule has 1 unspecified atom stereocenters. The number of benzene rings is 1. The first-order chi connectivity index (χ1) is 8.85. The largest absolute Gasteiger partial charge is 0.444 e. The molecule has 0 radical (unpaired) electrons. The van der Waals surface area contributed by atoms with Crippen LogP contribution in [0, 0.1) is 0 Å². The van der Waals surface area contributed by atoms with Crippen LogP contribution in [0.4, 0.5) is 4.79 Å². The maximum atomic E-state index is 11.7. The first kappa shape index (κ1) is 15.5. The molecule has 0 saturated heterocycles. The van der Waals surface area contributed by atoms with E-state index in [-0.39, 0.29) is 6.04 Å². The Hall–Kier alpha value is -1.55. The van der Waals surface area contributed by atoms with Gasteiger partial charge in [-0.1, -0.05) is 31.2 Å². The molecule has 1 atom stereocenters. The molecule has 1 aromatic rings. The molecule has 0 aromatic heterocycles. The topological polar surface area (TPSA) is 64.3 Å². The maximum Gasteiger partial charge on any atom is 0.408 e. The molecule has 0 aliphatic carbocycles. The zero-order valence-corrected chi connectivity index (χ0v) is 12.2. The number of alkyl carbamates (subject to hydrolysis) is 1. The Bertz CT molecular complexity index is 407. The number of nitrogens with one attached hydrogen (secondary N) is 1. The number of carbonyl (C=O) groups excluding carboxylic acids is 1. The lowest BCUT2D eigenvalue weighted by molar-refractivity contribution is 0.0505. The summed E-state index contributed by atoms with van der Waals surface area (Å²) in [6, 6.07) is 7.87. The minimum atomic E-state index is -0.505. The van der Waals surface area contributed by atoms with E-state index in [0.29, 0.717) is 6.54 Å². The van der Waals surface area contributed by atoms with Crippen molar-refractivity contribution in [1.82, 2.24) is 5.32 Å². The van der Waals surface area contributed by atoms with Crippen molar-refractivity contribution >= 4 is 6.09 Å². The zero-order valence-electron chi connectivity index (χ0n) is 12.2. The lowest BCUT2D eigenvalue weighted by Gasteiger charge is -2.23. The second kappa shape index (κ2) is 6.57. The molecule has 19 heavy (non-hydrogen) atoms. The van der Waals surface area contributed by atoms with Gasteiger partial charge in [-0.2, -0.15) is 0 Å². The van der Waals surface area contributed by atoms with Gasteiger partial charge in [0.2, 0.25) is 0 Å². The van der Waals surface area contributed by atoms with Gasteiger partial charge in [0.25, 0.3) is 0 Å². The van der Waals surface area contributed by atoms with Crippen molar-refractivity contribution in [1.29, 1.82) is 0 Å². The highest BCUT2D eigenvalue weighted by atomic mass is 16.6. The summed E-state index contributed by atoms with van der Waals surface area (Å²) in [5.74, 6) is 0. The van der Waals surface area contributed by atoms with E-state index < -0.39 is 11.7 Å². The van der Waals surface area contributed by atoms with Gasteiger partial charge in [-0.15, -0.1) is 0 Å². The molecule has 1 aromatic carbocycles. The van der Waals surface area contributed by atoms with Gasteiger partial charge < -0.3 is 15.8 Å². The van der Waals surface area contributed by atoms with Gasteiger partial charge >= 0.3 is 6.09 Å². The Morgan fingerprint density at radius 1 is 1.32 bits per heavy atom. The minimum Gasteiger partial charge on any atom is -0.444 e. The van der Waals surface area contributed by atoms with E-state index in [1.54, 1.807) is 0 Å². The van der Waals surface area contributed by atoms with E-state index in [0.717, 1.165) is 12.0 Å². The second-order valence-corrected chi connectivity index (χ2v) is 5.53. The number of aryl methyl sites for hydroxylation is 1. The second-order valence-electron chi connectivity index (χ2n) is 5.53. The summed E-state index contributed by atoms with van der Waals surface area (Å²) in [6.07, 6.45) is 0.551. The van der Waals surface area contributed by atoms with Crippen molar-refractivity contribution in [3.05, 3.63) is 35.4 Å². The van der Waals surface area contributed by atoms with E-state index in [9.17, 15) is 4.79 Å². The minimum absolute atomic E-state index is 0.222. The van der Waals surface area contributed by atoms with Crippen molar-refractivity contribution in [2.45, 2.75) is 45.8 Å². The smallest absolute Gasteiger partial charge is 0.408 e. The summed E-state index contributed by atoms with van der Waals surface area (Å²) in [4.78, 5) is 11.7. The van der Waals surface area contributed by atoms with Gasteiger partial charge in [-0.3, -0.25) is 0 Å². The summed E-state index contributed by atoms with van der Waals surface area (Å²) in [5, 5.41) is 2.79. The molecule has 0 bridgehead atoms. The van der Waals surface area contributed by atoms with Crippen LogP contribution in [0.25, 0.3) is 0 Å². The summed E-state index contributed by atoms with van der Waals surface area (Å²) < 4.78 is 5.23. The Morgan fingerprint density at radius 2 is 1.89 bits per heavy atom. The highest BCUT2D eigenvalue weighted by Crippen LogP contribution is 2.15. The number of ether oxygens (including phenoxy) is 1. The first-order valence-electron chi connectivity index (χ1n) is 6.64. The molecule has 1 amide bonds. The van der Waals surface area contributed by atoms with Crippen LogP contribution >= 0.6 is 0 Å².